The lowest BCUT2D eigenvalue weighted by Gasteiger charge is -2.18. The molecule has 0 spiro atoms. The molecule has 0 fully saturated rings. The summed E-state index contributed by atoms with van der Waals surface area (Å²) in [5.41, 5.74) is 4.01. The van der Waals surface area contributed by atoms with Crippen LogP contribution in [0.4, 0.5) is 4.39 Å². The molecule has 0 bridgehead atoms. The van der Waals surface area contributed by atoms with Crippen molar-refractivity contribution in [2.24, 2.45) is 0 Å². The van der Waals surface area contributed by atoms with Crippen molar-refractivity contribution < 1.29 is 9.13 Å². The molecule has 4 aromatic rings. The van der Waals surface area contributed by atoms with Crippen molar-refractivity contribution in [2.75, 3.05) is 6.61 Å². The number of rotatable bonds is 6. The smallest absolute Gasteiger partial charge is 0.149 e. The molecule has 1 atom stereocenters. The highest BCUT2D eigenvalue weighted by Gasteiger charge is 2.13. The van der Waals surface area contributed by atoms with Gasteiger partial charge in [-0.25, -0.2) is 4.39 Å². The van der Waals surface area contributed by atoms with Gasteiger partial charge in [0.25, 0.3) is 0 Å². The van der Waals surface area contributed by atoms with Crippen LogP contribution in [-0.4, -0.2) is 11.6 Å². The van der Waals surface area contributed by atoms with Crippen LogP contribution >= 0.6 is 0 Å². The topological polar surface area (TPSA) is 22.1 Å². The van der Waals surface area contributed by atoms with Gasteiger partial charge in [-0.3, -0.25) is 4.98 Å². The summed E-state index contributed by atoms with van der Waals surface area (Å²) < 4.78 is 20.0. The van der Waals surface area contributed by atoms with Crippen molar-refractivity contribution in [1.29, 1.82) is 0 Å². The Morgan fingerprint density at radius 2 is 1.61 bits per heavy atom. The Hall–Kier alpha value is -3.20. The third-order valence-corrected chi connectivity index (χ3v) is 5.10. The van der Waals surface area contributed by atoms with Gasteiger partial charge in [-0.2, -0.15) is 0 Å². The van der Waals surface area contributed by atoms with E-state index < -0.39 is 0 Å². The molecule has 0 aliphatic carbocycles. The van der Waals surface area contributed by atoms with Crippen LogP contribution in [0.5, 0.6) is 5.75 Å². The average molecular weight is 371 g/mol. The molecule has 4 rings (SSSR count). The van der Waals surface area contributed by atoms with E-state index in [0.29, 0.717) is 23.3 Å². The van der Waals surface area contributed by atoms with Crippen LogP contribution in [0.15, 0.2) is 85.1 Å². The maximum absolute atomic E-state index is 14.0. The zero-order valence-corrected chi connectivity index (χ0v) is 15.8. The number of pyridine rings is 1. The number of nitrogens with zero attached hydrogens (tertiary/aromatic N) is 1. The summed E-state index contributed by atoms with van der Waals surface area (Å²) in [6, 6.07) is 25.8. The second-order valence-electron chi connectivity index (χ2n) is 6.85. The minimum Gasteiger partial charge on any atom is -0.492 e. The highest BCUT2D eigenvalue weighted by atomic mass is 19.1. The largest absolute Gasteiger partial charge is 0.492 e. The lowest BCUT2D eigenvalue weighted by atomic mass is 9.95. The van der Waals surface area contributed by atoms with Gasteiger partial charge in [-0.1, -0.05) is 67.6 Å². The Morgan fingerprint density at radius 3 is 2.36 bits per heavy atom. The van der Waals surface area contributed by atoms with Crippen LogP contribution in [0, 0.1) is 5.82 Å². The number of hydrogen-bond acceptors (Lipinski definition) is 2. The van der Waals surface area contributed by atoms with Gasteiger partial charge in [0.2, 0.25) is 0 Å². The van der Waals surface area contributed by atoms with Crippen LogP contribution in [0.3, 0.4) is 0 Å². The summed E-state index contributed by atoms with van der Waals surface area (Å²) in [6.45, 7) is 2.69. The second-order valence-corrected chi connectivity index (χ2v) is 6.85. The van der Waals surface area contributed by atoms with Crippen molar-refractivity contribution >= 4 is 10.9 Å². The first kappa shape index (κ1) is 18.2. The van der Waals surface area contributed by atoms with E-state index in [1.807, 2.05) is 24.3 Å². The molecule has 0 aliphatic rings. The fourth-order valence-electron chi connectivity index (χ4n) is 3.46. The summed E-state index contributed by atoms with van der Waals surface area (Å²) >= 11 is 0. The van der Waals surface area contributed by atoms with Crippen molar-refractivity contribution in [3.63, 3.8) is 0 Å². The van der Waals surface area contributed by atoms with Crippen molar-refractivity contribution in [3.05, 3.63) is 96.4 Å². The Morgan fingerprint density at radius 1 is 0.857 bits per heavy atom. The van der Waals surface area contributed by atoms with Gasteiger partial charge in [0.1, 0.15) is 17.1 Å². The minimum absolute atomic E-state index is 0.265. The summed E-state index contributed by atoms with van der Waals surface area (Å²) in [5, 5.41) is 0.705. The predicted molar refractivity (Wildman–Crippen MR) is 112 cm³/mol. The van der Waals surface area contributed by atoms with E-state index in [4.69, 9.17) is 4.74 Å². The van der Waals surface area contributed by atoms with Crippen LogP contribution in [0.25, 0.3) is 22.0 Å². The number of aromatic nitrogens is 1. The third-order valence-electron chi connectivity index (χ3n) is 5.10. The molecule has 1 unspecified atom stereocenters. The fourth-order valence-corrected chi connectivity index (χ4v) is 3.46. The van der Waals surface area contributed by atoms with Crippen LogP contribution in [0.2, 0.25) is 0 Å². The Kier molecular flexibility index (Phi) is 5.34. The summed E-state index contributed by atoms with van der Waals surface area (Å²) in [5.74, 6) is 0.608. The van der Waals surface area contributed by atoms with E-state index in [0.717, 1.165) is 6.42 Å². The molecule has 0 saturated carbocycles. The zero-order valence-electron chi connectivity index (χ0n) is 15.8. The maximum atomic E-state index is 14.0. The van der Waals surface area contributed by atoms with Gasteiger partial charge in [-0.15, -0.1) is 0 Å². The van der Waals surface area contributed by atoms with Crippen molar-refractivity contribution in [1.82, 2.24) is 4.98 Å². The van der Waals surface area contributed by atoms with Crippen molar-refractivity contribution in [2.45, 2.75) is 19.3 Å². The van der Waals surface area contributed by atoms with E-state index in [9.17, 15) is 4.39 Å². The van der Waals surface area contributed by atoms with Gasteiger partial charge in [0, 0.05) is 17.5 Å². The molecular formula is C25H22FNO. The van der Waals surface area contributed by atoms with E-state index >= 15 is 0 Å². The Balaban J connectivity index is 1.52. The standard InChI is InChI=1S/C25H22FNO/c1-2-18(20-11-13-21(14-12-20)19-7-4-3-5-8-19)17-28-24-15-16-27-25-22(24)9-6-10-23(25)26/h3-16,18H,2,17H2,1H3. The monoisotopic (exact) mass is 371 g/mol. The first-order valence-corrected chi connectivity index (χ1v) is 9.57. The number of ether oxygens (including phenoxy) is 1. The van der Waals surface area contributed by atoms with E-state index in [1.165, 1.54) is 22.8 Å². The first-order valence-electron chi connectivity index (χ1n) is 9.57. The molecular weight excluding hydrogens is 349 g/mol. The molecule has 0 amide bonds. The number of para-hydroxylation sites is 1. The zero-order chi connectivity index (χ0) is 19.3. The number of fused-ring (bicyclic) bond motifs is 1. The third kappa shape index (κ3) is 3.74. The van der Waals surface area contributed by atoms with Gasteiger partial charge in [0.05, 0.1) is 6.61 Å². The lowest BCUT2D eigenvalue weighted by Crippen LogP contribution is -2.10. The van der Waals surface area contributed by atoms with Crippen LogP contribution in [0.1, 0.15) is 24.8 Å². The summed E-state index contributed by atoms with van der Waals surface area (Å²) in [4.78, 5) is 4.13. The first-order chi connectivity index (χ1) is 13.8. The molecule has 0 saturated heterocycles. The molecule has 2 nitrogen and oxygen atoms in total. The second kappa shape index (κ2) is 8.22. The molecule has 3 heteroatoms. The minimum atomic E-state index is -0.327. The molecule has 0 N–H and O–H groups in total. The van der Waals surface area contributed by atoms with E-state index in [1.54, 1.807) is 18.3 Å². The van der Waals surface area contributed by atoms with Crippen LogP contribution < -0.4 is 4.74 Å². The molecule has 3 aromatic carbocycles. The molecule has 0 radical (unpaired) electrons. The fraction of sp³-hybridized carbons (Fsp3) is 0.160. The average Bonchev–Trinajstić information content (AvgIpc) is 2.76. The quantitative estimate of drug-likeness (QED) is 0.380. The van der Waals surface area contributed by atoms with Crippen LogP contribution in [-0.2, 0) is 0 Å². The summed E-state index contributed by atoms with van der Waals surface area (Å²) in [7, 11) is 0. The normalized spacial score (nSPS) is 12.1. The molecule has 28 heavy (non-hydrogen) atoms. The van der Waals surface area contributed by atoms with E-state index in [2.05, 4.69) is 48.3 Å². The van der Waals surface area contributed by atoms with Crippen molar-refractivity contribution in [3.8, 4) is 16.9 Å². The summed E-state index contributed by atoms with van der Waals surface area (Å²) in [6.07, 6.45) is 2.55. The molecule has 0 aliphatic heterocycles. The van der Waals surface area contributed by atoms with Gasteiger partial charge >= 0.3 is 0 Å². The Labute approximate surface area is 164 Å². The predicted octanol–water partition coefficient (Wildman–Crippen LogP) is 6.61. The SMILES string of the molecule is CCC(COc1ccnc2c(F)cccc12)c1ccc(-c2ccccc2)cc1. The van der Waals surface area contributed by atoms with E-state index in [-0.39, 0.29) is 11.7 Å². The highest BCUT2D eigenvalue weighted by Crippen LogP contribution is 2.29. The molecule has 1 aromatic heterocycles. The highest BCUT2D eigenvalue weighted by molar-refractivity contribution is 5.85. The van der Waals surface area contributed by atoms with Gasteiger partial charge < -0.3 is 4.74 Å². The Bertz CT molecular complexity index is 1060. The number of halogens is 1. The molecule has 1 heterocycles. The lowest BCUT2D eigenvalue weighted by molar-refractivity contribution is 0.288. The molecule has 140 valence electrons. The number of hydrogen-bond donors (Lipinski definition) is 0. The van der Waals surface area contributed by atoms with Gasteiger partial charge in [-0.05, 0) is 41.3 Å². The van der Waals surface area contributed by atoms with Gasteiger partial charge in [0.15, 0.2) is 0 Å². The maximum Gasteiger partial charge on any atom is 0.149 e. The number of benzene rings is 3.